The molecule has 0 radical (unpaired) electrons. The van der Waals surface area contributed by atoms with E-state index in [4.69, 9.17) is 28.8 Å². The molecule has 0 aliphatic carbocycles. The fourth-order valence-electron chi connectivity index (χ4n) is 11.4. The van der Waals surface area contributed by atoms with E-state index < -0.39 is 138 Å². The van der Waals surface area contributed by atoms with Gasteiger partial charge in [-0.2, -0.15) is 0 Å². The summed E-state index contributed by atoms with van der Waals surface area (Å²) in [6, 6.07) is 13.1. The number of nitrogens with one attached hydrogen (secondary N) is 10. The van der Waals surface area contributed by atoms with Gasteiger partial charge in [0.2, 0.25) is 59.1 Å². The third kappa shape index (κ3) is 26.0. The van der Waals surface area contributed by atoms with Crippen LogP contribution in [-0.2, 0) is 78.4 Å². The van der Waals surface area contributed by atoms with Crippen LogP contribution in [0.15, 0.2) is 121 Å². The quantitative estimate of drug-likeness (QED) is 0.0139. The minimum atomic E-state index is -1.86. The van der Waals surface area contributed by atoms with Gasteiger partial charge in [-0.1, -0.05) is 98.2 Å². The monoisotopic (exact) mass is 1430 g/mol. The van der Waals surface area contributed by atoms with Crippen LogP contribution in [0.1, 0.15) is 94.9 Å². The Morgan fingerprint density at radius 3 is 1.64 bits per heavy atom. The van der Waals surface area contributed by atoms with Gasteiger partial charge >= 0.3 is 12.0 Å². The number of carboxylic acids is 1. The number of aliphatic hydroxyl groups is 1. The number of phenols is 1. The number of rotatable bonds is 38. The normalized spacial score (nSPS) is 15.2. The van der Waals surface area contributed by atoms with Gasteiger partial charge in [-0.15, -0.1) is 0 Å². The minimum absolute atomic E-state index is 0.00713. The number of phenolic OH excluding ortho intramolecular Hbond substituents is 1. The highest BCUT2D eigenvalue weighted by Crippen LogP contribution is 2.22. The van der Waals surface area contributed by atoms with E-state index in [0.29, 0.717) is 33.7 Å². The number of aliphatic imine (C=N–C) groups is 1. The van der Waals surface area contributed by atoms with Crippen molar-refractivity contribution < 1.29 is 72.9 Å². The van der Waals surface area contributed by atoms with Gasteiger partial charge in [0.15, 0.2) is 5.96 Å². The van der Waals surface area contributed by atoms with Crippen LogP contribution in [0.25, 0.3) is 10.8 Å². The van der Waals surface area contributed by atoms with Crippen molar-refractivity contribution in [2.75, 3.05) is 26.2 Å². The third-order valence-corrected chi connectivity index (χ3v) is 16.9. The number of primary amides is 1. The number of halogens is 1. The van der Waals surface area contributed by atoms with Crippen molar-refractivity contribution in [2.24, 2.45) is 28.1 Å². The highest BCUT2D eigenvalue weighted by Gasteiger charge is 2.40. The Morgan fingerprint density at radius 2 is 1.08 bits per heavy atom. The summed E-state index contributed by atoms with van der Waals surface area (Å²) in [5, 5.41) is 58.8. The molecule has 2 heterocycles. The smallest absolute Gasteiger partial charge is 0.325 e. The van der Waals surface area contributed by atoms with Crippen LogP contribution in [0.3, 0.4) is 0 Å². The van der Waals surface area contributed by atoms with Crippen LogP contribution < -0.4 is 70.4 Å². The molecule has 10 atom stereocenters. The number of guanidine groups is 1. The summed E-state index contributed by atoms with van der Waals surface area (Å²) in [5.41, 5.74) is 18.4. The number of benzene rings is 4. The van der Waals surface area contributed by atoms with Crippen LogP contribution >= 0.6 is 11.6 Å². The number of pyridine rings is 1. The van der Waals surface area contributed by atoms with Gasteiger partial charge in [0.05, 0.1) is 6.61 Å². The number of fused-ring (bicyclic) bond motifs is 1. The van der Waals surface area contributed by atoms with E-state index >= 15 is 0 Å². The Morgan fingerprint density at radius 1 is 0.578 bits per heavy atom. The second-order valence-electron chi connectivity index (χ2n) is 25.3. The molecule has 19 N–H and O–H groups in total. The third-order valence-electron chi connectivity index (χ3n) is 16.6. The van der Waals surface area contributed by atoms with E-state index in [9.17, 15) is 72.9 Å². The summed E-state index contributed by atoms with van der Waals surface area (Å²) in [6.45, 7) is 4.95. The molecule has 32 heteroatoms. The zero-order chi connectivity index (χ0) is 74.6. The lowest BCUT2D eigenvalue weighted by atomic mass is 9.99. The number of likely N-dealkylation sites (tertiary alicyclic amines) is 1. The average molecular weight is 1430 g/mol. The predicted molar refractivity (Wildman–Crippen MR) is 377 cm³/mol. The molecule has 31 nitrogen and oxygen atoms in total. The summed E-state index contributed by atoms with van der Waals surface area (Å²) in [6.07, 6.45) is 2.55. The number of aliphatic hydroxyl groups excluding tert-OH is 1. The SMILES string of the molecule is CC(=O)N[C@H](Cc1ccc2ccccc2c1)C(=O)NC(Cc1ccc(Cl)cc1)C(=O)N[C@H](Cc1cccnc1)C(=O)N[C@@H](CO)C(=O)N[C@@H](Cc1ccc(O)cc1)C(=O)N[C@H](CCCNC(N)=O)C(=O)N[C@@H](CC(C)C)C(=O)N[C@@H](CCCN=C(N)N)C(=O)N1CCCC1C(=O)N[C@H](C)C(=O)O. The number of nitrogens with zero attached hydrogens (tertiary/aromatic N) is 3. The molecule has 0 spiro atoms. The Balaban J connectivity index is 1.26. The Hall–Kier alpha value is -10.9. The number of aromatic hydroxyl groups is 1. The van der Waals surface area contributed by atoms with Crippen LogP contribution in [0.4, 0.5) is 4.79 Å². The van der Waals surface area contributed by atoms with Crippen molar-refractivity contribution in [1.82, 2.24) is 63.1 Å². The first-order valence-corrected chi connectivity index (χ1v) is 33.8. The summed E-state index contributed by atoms with van der Waals surface area (Å²) >= 11 is 6.22. The molecular formula is C70H91ClN16O15. The average Bonchev–Trinajstić information content (AvgIpc) is 1.13. The van der Waals surface area contributed by atoms with Crippen molar-refractivity contribution in [3.8, 4) is 5.75 Å². The Bertz CT molecular complexity index is 3770. The zero-order valence-corrected chi connectivity index (χ0v) is 57.9. The van der Waals surface area contributed by atoms with Crippen LogP contribution in [0.2, 0.25) is 5.02 Å². The van der Waals surface area contributed by atoms with Crippen molar-refractivity contribution >= 4 is 99.4 Å². The highest BCUT2D eigenvalue weighted by molar-refractivity contribution is 6.30. The number of aliphatic carboxylic acids is 1. The number of hydrogen-bond donors (Lipinski definition) is 16. The van der Waals surface area contributed by atoms with Gasteiger partial charge in [-0.25, -0.2) is 4.79 Å². The first kappa shape index (κ1) is 80.0. The van der Waals surface area contributed by atoms with Gasteiger partial charge in [0, 0.05) is 69.7 Å². The molecule has 1 aliphatic heterocycles. The first-order chi connectivity index (χ1) is 48.6. The molecule has 5 aromatic rings. The number of carbonyl (C=O) groups excluding carboxylic acids is 11. The van der Waals surface area contributed by atoms with Gasteiger partial charge in [-0.05, 0) is 121 Å². The summed E-state index contributed by atoms with van der Waals surface area (Å²) in [4.78, 5) is 176. The molecule has 1 saturated heterocycles. The second-order valence-corrected chi connectivity index (χ2v) is 25.7. The largest absolute Gasteiger partial charge is 0.508 e. The van der Waals surface area contributed by atoms with E-state index in [1.165, 1.54) is 55.4 Å². The zero-order valence-electron chi connectivity index (χ0n) is 57.1. The summed E-state index contributed by atoms with van der Waals surface area (Å²) in [7, 11) is 0. The summed E-state index contributed by atoms with van der Waals surface area (Å²) < 4.78 is 0. The van der Waals surface area contributed by atoms with Crippen LogP contribution in [0.5, 0.6) is 5.75 Å². The molecule has 4 aromatic carbocycles. The highest BCUT2D eigenvalue weighted by atomic mass is 35.5. The molecule has 2 unspecified atom stereocenters. The van der Waals surface area contributed by atoms with Gasteiger partial charge < -0.3 is 90.6 Å². The maximum atomic E-state index is 14.9. The van der Waals surface area contributed by atoms with E-state index in [-0.39, 0.29) is 101 Å². The number of nitrogens with two attached hydrogens (primary N) is 3. The molecule has 1 aromatic heterocycles. The molecule has 12 amide bonds. The molecule has 1 fully saturated rings. The standard InChI is InChI=1S/C70H91ClN16O15/c1-39(2)31-52(60(92)81-51(15-9-28-76-69(72)73)67(99)87-30-10-16-58(87)66(98)78-40(3)68(100)101)82-59(91)50(14-8-29-77-70(74)102)80-62(94)54(34-43-20-25-49(90)26-21-43)85-65(97)57(38-88)86-64(96)56(36-45-11-7-27-75-37-45)84-63(95)55(33-42-18-23-48(71)24-19-42)83-61(93)53(79-41(4)89)35-44-17-22-46-12-5-6-13-47(46)32-44/h5-7,11-13,17-27,32,37,39-40,50-58,88,90H,8-10,14-16,28-31,33-36,38H2,1-4H3,(H,78,98)(H,79,89)(H,80,94)(H,81,92)(H,82,91)(H,83,93)(H,84,95)(H,85,97)(H,86,96)(H,100,101)(H4,72,73,76)(H3,74,77,102)/t40-,50-,51+,52+,53-,54+,55?,56-,57+,58?/m1/s1. The second kappa shape index (κ2) is 39.7. The van der Waals surface area contributed by atoms with Gasteiger partial charge in [0.1, 0.15) is 66.2 Å². The lowest BCUT2D eigenvalue weighted by Crippen LogP contribution is -2.61. The molecule has 1 aliphatic rings. The number of carboxylic acid groups (broad SMARTS) is 1. The van der Waals surface area contributed by atoms with Gasteiger partial charge in [-0.3, -0.25) is 62.7 Å². The fourth-order valence-corrected chi connectivity index (χ4v) is 11.5. The number of urea groups is 1. The fraction of sp³-hybridized carbons (Fsp3) is 0.429. The lowest BCUT2D eigenvalue weighted by Gasteiger charge is -2.31. The molecule has 6 rings (SSSR count). The van der Waals surface area contributed by atoms with Crippen molar-refractivity contribution in [1.29, 1.82) is 0 Å². The lowest BCUT2D eigenvalue weighted by molar-refractivity contribution is -0.144. The van der Waals surface area contributed by atoms with Crippen molar-refractivity contribution in [3.05, 3.63) is 143 Å². The van der Waals surface area contributed by atoms with Crippen molar-refractivity contribution in [2.45, 2.75) is 159 Å². The maximum absolute atomic E-state index is 14.9. The first-order valence-electron chi connectivity index (χ1n) is 33.4. The van der Waals surface area contributed by atoms with Crippen LogP contribution in [-0.4, -0.2) is 189 Å². The van der Waals surface area contributed by atoms with Crippen LogP contribution in [0, 0.1) is 5.92 Å². The number of carbonyl (C=O) groups is 12. The molecule has 0 bridgehead atoms. The maximum Gasteiger partial charge on any atom is 0.325 e. The molecular weight excluding hydrogens is 1340 g/mol. The number of aromatic nitrogens is 1. The van der Waals surface area contributed by atoms with Crippen molar-refractivity contribution in [3.63, 3.8) is 0 Å². The minimum Gasteiger partial charge on any atom is -0.508 e. The number of amides is 12. The van der Waals surface area contributed by atoms with E-state index in [1.54, 1.807) is 50.2 Å². The molecule has 102 heavy (non-hydrogen) atoms. The molecule has 548 valence electrons. The topological polar surface area (TPSA) is 492 Å². The number of hydrogen-bond acceptors (Lipinski definition) is 16. The molecule has 0 saturated carbocycles. The summed E-state index contributed by atoms with van der Waals surface area (Å²) in [5.74, 6) is -10.5. The van der Waals surface area contributed by atoms with E-state index in [0.717, 1.165) is 10.8 Å². The van der Waals surface area contributed by atoms with E-state index in [1.807, 2.05) is 42.5 Å². The Kier molecular flexibility index (Phi) is 31.2. The Labute approximate surface area is 594 Å². The van der Waals surface area contributed by atoms with Gasteiger partial charge in [0.25, 0.3) is 0 Å². The predicted octanol–water partition coefficient (Wildman–Crippen LogP) is -0.117. The van der Waals surface area contributed by atoms with E-state index in [2.05, 4.69) is 63.1 Å².